The van der Waals surface area contributed by atoms with Gasteiger partial charge in [0.15, 0.2) is 16.4 Å². The maximum absolute atomic E-state index is 12.1. The number of nitrogens with one attached hydrogen (secondary N) is 1. The molecule has 150 valence electrons. The summed E-state index contributed by atoms with van der Waals surface area (Å²) in [7, 11) is -0.700. The maximum Gasteiger partial charge on any atom is 0.338 e. The van der Waals surface area contributed by atoms with E-state index in [1.807, 2.05) is 0 Å². The lowest BCUT2D eigenvalue weighted by atomic mass is 10.2. The van der Waals surface area contributed by atoms with Crippen molar-refractivity contribution in [2.75, 3.05) is 32.4 Å². The van der Waals surface area contributed by atoms with Crippen LogP contribution in [0.2, 0.25) is 5.02 Å². The van der Waals surface area contributed by atoms with E-state index in [0.29, 0.717) is 17.2 Å². The Balaban J connectivity index is 2.07. The van der Waals surface area contributed by atoms with Crippen LogP contribution in [0.3, 0.4) is 0 Å². The molecule has 0 aliphatic heterocycles. The van der Waals surface area contributed by atoms with Gasteiger partial charge in [-0.3, -0.25) is 4.79 Å². The highest BCUT2D eigenvalue weighted by Crippen LogP contribution is 2.29. The molecule has 0 fully saturated rings. The van der Waals surface area contributed by atoms with Crippen LogP contribution >= 0.6 is 11.6 Å². The topological polar surface area (TPSA) is 108 Å². The predicted molar refractivity (Wildman–Crippen MR) is 103 cm³/mol. The summed E-state index contributed by atoms with van der Waals surface area (Å²) in [5, 5.41) is 2.54. The number of hydrogen-bond donors (Lipinski definition) is 1. The number of rotatable bonds is 7. The van der Waals surface area contributed by atoms with E-state index in [0.717, 1.165) is 12.3 Å². The highest BCUT2D eigenvalue weighted by molar-refractivity contribution is 7.90. The molecule has 0 saturated heterocycles. The minimum absolute atomic E-state index is 0.0121. The van der Waals surface area contributed by atoms with Gasteiger partial charge in [-0.05, 0) is 30.3 Å². The Morgan fingerprint density at radius 2 is 1.79 bits per heavy atom. The molecule has 1 amide bonds. The van der Waals surface area contributed by atoms with Crippen LogP contribution in [0.25, 0.3) is 0 Å². The second kappa shape index (κ2) is 8.94. The maximum atomic E-state index is 12.1. The molecule has 10 heteroatoms. The summed E-state index contributed by atoms with van der Waals surface area (Å²) in [4.78, 5) is 24.0. The number of hydrogen-bond acceptors (Lipinski definition) is 7. The summed E-state index contributed by atoms with van der Waals surface area (Å²) in [6.07, 6.45) is 0.971. The third-order valence-electron chi connectivity index (χ3n) is 3.58. The second-order valence-corrected chi connectivity index (χ2v) is 8.00. The summed E-state index contributed by atoms with van der Waals surface area (Å²) < 4.78 is 38.6. The minimum Gasteiger partial charge on any atom is -0.497 e. The van der Waals surface area contributed by atoms with Gasteiger partial charge in [-0.1, -0.05) is 11.6 Å². The Bertz CT molecular complexity index is 1000. The lowest BCUT2D eigenvalue weighted by Gasteiger charge is -2.12. The van der Waals surface area contributed by atoms with Crippen LogP contribution < -0.4 is 14.8 Å². The summed E-state index contributed by atoms with van der Waals surface area (Å²) in [5.41, 5.74) is 0.297. The molecule has 0 aliphatic carbocycles. The first-order valence-electron chi connectivity index (χ1n) is 7.84. The Hall–Kier alpha value is -2.78. The molecular formula is C18H18ClNO7S. The number of anilines is 1. The van der Waals surface area contributed by atoms with Crippen molar-refractivity contribution in [1.82, 2.24) is 0 Å². The van der Waals surface area contributed by atoms with Gasteiger partial charge in [-0.25, -0.2) is 13.2 Å². The Morgan fingerprint density at radius 3 is 2.39 bits per heavy atom. The molecule has 0 unspecified atom stereocenters. The van der Waals surface area contributed by atoms with Crippen molar-refractivity contribution in [3.8, 4) is 11.5 Å². The predicted octanol–water partition coefficient (Wildman–Crippen LogP) is 2.56. The molecule has 0 aromatic heterocycles. The van der Waals surface area contributed by atoms with Crippen LogP contribution in [0.4, 0.5) is 5.69 Å². The van der Waals surface area contributed by atoms with Gasteiger partial charge in [-0.2, -0.15) is 0 Å². The largest absolute Gasteiger partial charge is 0.497 e. The highest BCUT2D eigenvalue weighted by Gasteiger charge is 2.18. The molecule has 0 aliphatic rings. The normalized spacial score (nSPS) is 10.9. The SMILES string of the molecule is COc1ccc(OC)c(NC(=O)COC(=O)c2ccc(Cl)c(S(C)(=O)=O)c2)c1. The molecule has 2 aromatic carbocycles. The third-order valence-corrected chi connectivity index (χ3v) is 5.16. The van der Waals surface area contributed by atoms with Crippen LogP contribution in [0.5, 0.6) is 11.5 Å². The van der Waals surface area contributed by atoms with Crippen molar-refractivity contribution in [3.63, 3.8) is 0 Å². The number of carbonyl (C=O) groups excluding carboxylic acids is 2. The van der Waals surface area contributed by atoms with Crippen LogP contribution in [-0.4, -0.2) is 47.4 Å². The fourth-order valence-electron chi connectivity index (χ4n) is 2.23. The quantitative estimate of drug-likeness (QED) is 0.676. The van der Waals surface area contributed by atoms with Crippen molar-refractivity contribution in [2.45, 2.75) is 4.90 Å². The number of carbonyl (C=O) groups is 2. The average Bonchev–Trinajstić information content (AvgIpc) is 2.65. The van der Waals surface area contributed by atoms with E-state index in [1.54, 1.807) is 18.2 Å². The molecule has 0 saturated carbocycles. The van der Waals surface area contributed by atoms with Gasteiger partial charge >= 0.3 is 5.97 Å². The van der Waals surface area contributed by atoms with Crippen molar-refractivity contribution >= 4 is 39.0 Å². The molecule has 0 heterocycles. The fraction of sp³-hybridized carbons (Fsp3) is 0.222. The molecule has 2 aromatic rings. The van der Waals surface area contributed by atoms with Gasteiger partial charge in [-0.15, -0.1) is 0 Å². The number of esters is 1. The zero-order chi connectivity index (χ0) is 20.9. The Morgan fingerprint density at radius 1 is 1.07 bits per heavy atom. The van der Waals surface area contributed by atoms with Crippen LogP contribution in [0, 0.1) is 0 Å². The molecule has 0 spiro atoms. The molecule has 28 heavy (non-hydrogen) atoms. The van der Waals surface area contributed by atoms with Crippen LogP contribution in [0.15, 0.2) is 41.3 Å². The van der Waals surface area contributed by atoms with Gasteiger partial charge in [0.1, 0.15) is 11.5 Å². The average molecular weight is 428 g/mol. The highest BCUT2D eigenvalue weighted by atomic mass is 35.5. The monoisotopic (exact) mass is 427 g/mol. The standard InChI is InChI=1S/C18H18ClNO7S/c1-25-12-5-7-15(26-2)14(9-12)20-17(21)10-27-18(22)11-4-6-13(19)16(8-11)28(3,23)24/h4-9H,10H2,1-3H3,(H,20,21). The van der Waals surface area contributed by atoms with Gasteiger partial charge in [0.2, 0.25) is 0 Å². The first-order valence-corrected chi connectivity index (χ1v) is 10.1. The van der Waals surface area contributed by atoms with E-state index in [1.165, 1.54) is 26.4 Å². The van der Waals surface area contributed by atoms with Crippen LogP contribution in [-0.2, 0) is 19.4 Å². The van der Waals surface area contributed by atoms with E-state index in [-0.39, 0.29) is 15.5 Å². The second-order valence-electron chi connectivity index (χ2n) is 5.61. The Kier molecular flexibility index (Phi) is 6.87. The fourth-order valence-corrected chi connectivity index (χ4v) is 3.53. The number of methoxy groups -OCH3 is 2. The number of amides is 1. The lowest BCUT2D eigenvalue weighted by Crippen LogP contribution is -2.21. The van der Waals surface area contributed by atoms with E-state index < -0.39 is 28.3 Å². The molecule has 0 bridgehead atoms. The molecule has 0 atom stereocenters. The number of halogens is 1. The van der Waals surface area contributed by atoms with Gasteiger partial charge in [0.25, 0.3) is 5.91 Å². The van der Waals surface area contributed by atoms with E-state index in [9.17, 15) is 18.0 Å². The first-order chi connectivity index (χ1) is 13.2. The van der Waals surface area contributed by atoms with Crippen molar-refractivity contribution in [1.29, 1.82) is 0 Å². The Labute approximate surface area is 167 Å². The van der Waals surface area contributed by atoms with Gasteiger partial charge in [0.05, 0.1) is 35.4 Å². The molecule has 2 rings (SSSR count). The zero-order valence-electron chi connectivity index (χ0n) is 15.3. The number of ether oxygens (including phenoxy) is 3. The first kappa shape index (κ1) is 21.5. The lowest BCUT2D eigenvalue weighted by molar-refractivity contribution is -0.119. The number of sulfone groups is 1. The summed E-state index contributed by atoms with van der Waals surface area (Å²) in [6, 6.07) is 8.51. The number of benzene rings is 2. The van der Waals surface area contributed by atoms with E-state index >= 15 is 0 Å². The van der Waals surface area contributed by atoms with Gasteiger partial charge in [0, 0.05) is 12.3 Å². The third kappa shape index (κ3) is 5.37. The smallest absolute Gasteiger partial charge is 0.338 e. The summed E-state index contributed by atoms with van der Waals surface area (Å²) in [6.45, 7) is -0.587. The summed E-state index contributed by atoms with van der Waals surface area (Å²) >= 11 is 5.84. The van der Waals surface area contributed by atoms with Gasteiger partial charge < -0.3 is 19.5 Å². The molecular weight excluding hydrogens is 410 g/mol. The van der Waals surface area contributed by atoms with Crippen molar-refractivity contribution in [2.24, 2.45) is 0 Å². The molecule has 8 nitrogen and oxygen atoms in total. The minimum atomic E-state index is -3.62. The molecule has 1 N–H and O–H groups in total. The zero-order valence-corrected chi connectivity index (χ0v) is 16.9. The molecule has 0 radical (unpaired) electrons. The van der Waals surface area contributed by atoms with E-state index in [4.69, 9.17) is 25.8 Å². The van der Waals surface area contributed by atoms with E-state index in [2.05, 4.69) is 5.32 Å². The van der Waals surface area contributed by atoms with Crippen molar-refractivity contribution in [3.05, 3.63) is 47.0 Å². The van der Waals surface area contributed by atoms with Crippen molar-refractivity contribution < 1.29 is 32.2 Å². The summed E-state index contributed by atoms with van der Waals surface area (Å²) in [5.74, 6) is -0.579. The van der Waals surface area contributed by atoms with Crippen LogP contribution in [0.1, 0.15) is 10.4 Å².